The lowest BCUT2D eigenvalue weighted by atomic mass is 9.90. The number of para-hydroxylation sites is 1. The first-order valence-electron chi connectivity index (χ1n) is 6.77. The van der Waals surface area contributed by atoms with Crippen LogP contribution >= 0.6 is 0 Å². The highest BCUT2D eigenvalue weighted by atomic mass is 16.1. The number of aryl methyl sites for hydroxylation is 1. The minimum atomic E-state index is 0.0236. The maximum absolute atomic E-state index is 12.0. The van der Waals surface area contributed by atoms with E-state index in [0.717, 1.165) is 29.6 Å². The number of pyridine rings is 1. The first-order valence-corrected chi connectivity index (χ1v) is 6.77. The molecular formula is C16H22N2O. The van der Waals surface area contributed by atoms with Crippen molar-refractivity contribution in [2.45, 2.75) is 27.2 Å². The molecule has 0 saturated carbocycles. The van der Waals surface area contributed by atoms with Crippen LogP contribution in [0.15, 0.2) is 35.1 Å². The van der Waals surface area contributed by atoms with Gasteiger partial charge in [0.25, 0.3) is 5.56 Å². The highest BCUT2D eigenvalue weighted by Gasteiger charge is 2.15. The summed E-state index contributed by atoms with van der Waals surface area (Å²) in [6.07, 6.45) is 1.10. The Morgan fingerprint density at radius 2 is 1.95 bits per heavy atom. The minimum absolute atomic E-state index is 0.0236. The zero-order valence-electron chi connectivity index (χ0n) is 12.2. The fraction of sp³-hybridized carbons (Fsp3) is 0.438. The maximum Gasteiger partial charge on any atom is 0.252 e. The van der Waals surface area contributed by atoms with Crippen LogP contribution in [-0.2, 0) is 7.05 Å². The first-order chi connectivity index (χ1) is 8.94. The topological polar surface area (TPSA) is 34.0 Å². The van der Waals surface area contributed by atoms with Gasteiger partial charge in [0.15, 0.2) is 0 Å². The van der Waals surface area contributed by atoms with Gasteiger partial charge < -0.3 is 9.88 Å². The van der Waals surface area contributed by atoms with Crippen LogP contribution in [0.1, 0.15) is 27.2 Å². The molecule has 0 aliphatic rings. The molecule has 0 bridgehead atoms. The summed E-state index contributed by atoms with van der Waals surface area (Å²) >= 11 is 0. The van der Waals surface area contributed by atoms with E-state index in [-0.39, 0.29) is 11.0 Å². The van der Waals surface area contributed by atoms with Gasteiger partial charge in [0, 0.05) is 30.7 Å². The molecule has 1 aromatic heterocycles. The molecule has 19 heavy (non-hydrogen) atoms. The molecule has 1 aromatic carbocycles. The second-order valence-corrected chi connectivity index (χ2v) is 5.84. The number of hydrogen-bond acceptors (Lipinski definition) is 2. The molecule has 0 radical (unpaired) electrons. The van der Waals surface area contributed by atoms with Gasteiger partial charge in [-0.2, -0.15) is 0 Å². The van der Waals surface area contributed by atoms with Crippen LogP contribution in [0.2, 0.25) is 0 Å². The Morgan fingerprint density at radius 1 is 1.26 bits per heavy atom. The molecule has 0 aliphatic heterocycles. The SMILES string of the molecule is CCC(C)(C)CNc1cc(=O)n(C)c2ccccc12. The number of aromatic nitrogens is 1. The molecule has 102 valence electrons. The van der Waals surface area contributed by atoms with E-state index in [9.17, 15) is 4.79 Å². The molecular weight excluding hydrogens is 236 g/mol. The molecule has 1 N–H and O–H groups in total. The fourth-order valence-electron chi connectivity index (χ4n) is 2.02. The average Bonchev–Trinajstić information content (AvgIpc) is 2.41. The van der Waals surface area contributed by atoms with Crippen LogP contribution in [0.3, 0.4) is 0 Å². The standard InChI is InChI=1S/C16H22N2O/c1-5-16(2,3)11-17-13-10-15(19)18(4)14-9-7-6-8-12(13)14/h6-10,17H,5,11H2,1-4H3. The van der Waals surface area contributed by atoms with Crippen molar-refractivity contribution >= 4 is 16.6 Å². The molecule has 0 atom stereocenters. The van der Waals surface area contributed by atoms with Crippen molar-refractivity contribution in [3.05, 3.63) is 40.7 Å². The zero-order valence-corrected chi connectivity index (χ0v) is 12.2. The smallest absolute Gasteiger partial charge is 0.252 e. The van der Waals surface area contributed by atoms with Crippen LogP contribution in [0.5, 0.6) is 0 Å². The van der Waals surface area contributed by atoms with E-state index in [1.165, 1.54) is 0 Å². The van der Waals surface area contributed by atoms with Crippen molar-refractivity contribution < 1.29 is 0 Å². The number of fused-ring (bicyclic) bond motifs is 1. The Hall–Kier alpha value is -1.77. The first kappa shape index (κ1) is 13.7. The summed E-state index contributed by atoms with van der Waals surface area (Å²) < 4.78 is 1.69. The van der Waals surface area contributed by atoms with Gasteiger partial charge in [0.2, 0.25) is 0 Å². The summed E-state index contributed by atoms with van der Waals surface area (Å²) in [6, 6.07) is 9.68. The molecule has 1 heterocycles. The molecule has 3 nitrogen and oxygen atoms in total. The van der Waals surface area contributed by atoms with Crippen LogP contribution in [-0.4, -0.2) is 11.1 Å². The third-order valence-electron chi connectivity index (χ3n) is 3.87. The Labute approximate surface area is 114 Å². The van der Waals surface area contributed by atoms with E-state index in [4.69, 9.17) is 0 Å². The summed E-state index contributed by atoms with van der Waals surface area (Å²) in [5.41, 5.74) is 2.14. The number of nitrogens with zero attached hydrogens (tertiary/aromatic N) is 1. The van der Waals surface area contributed by atoms with Crippen molar-refractivity contribution in [1.29, 1.82) is 0 Å². The highest BCUT2D eigenvalue weighted by Crippen LogP contribution is 2.24. The van der Waals surface area contributed by atoms with Crippen molar-refractivity contribution in [2.24, 2.45) is 12.5 Å². The van der Waals surface area contributed by atoms with Crippen molar-refractivity contribution in [3.8, 4) is 0 Å². The number of rotatable bonds is 4. The van der Waals surface area contributed by atoms with Crippen molar-refractivity contribution in [3.63, 3.8) is 0 Å². The Morgan fingerprint density at radius 3 is 2.63 bits per heavy atom. The van der Waals surface area contributed by atoms with E-state index in [1.807, 2.05) is 25.2 Å². The Kier molecular flexibility index (Phi) is 3.65. The molecule has 0 spiro atoms. The summed E-state index contributed by atoms with van der Waals surface area (Å²) in [7, 11) is 1.81. The van der Waals surface area contributed by atoms with Crippen LogP contribution in [0.25, 0.3) is 10.9 Å². The average molecular weight is 258 g/mol. The third-order valence-corrected chi connectivity index (χ3v) is 3.87. The minimum Gasteiger partial charge on any atom is -0.384 e. The van der Waals surface area contributed by atoms with Gasteiger partial charge in [0.1, 0.15) is 0 Å². The largest absolute Gasteiger partial charge is 0.384 e. The van der Waals surface area contributed by atoms with E-state index in [1.54, 1.807) is 10.6 Å². The van der Waals surface area contributed by atoms with Gasteiger partial charge in [-0.15, -0.1) is 0 Å². The van der Waals surface area contributed by atoms with E-state index >= 15 is 0 Å². The lowest BCUT2D eigenvalue weighted by Crippen LogP contribution is -2.24. The summed E-state index contributed by atoms with van der Waals surface area (Å²) in [6.45, 7) is 7.50. The van der Waals surface area contributed by atoms with Gasteiger partial charge in [-0.3, -0.25) is 4.79 Å². The molecule has 3 heteroatoms. The van der Waals surface area contributed by atoms with Gasteiger partial charge >= 0.3 is 0 Å². The lowest BCUT2D eigenvalue weighted by Gasteiger charge is -2.24. The van der Waals surface area contributed by atoms with Crippen LogP contribution in [0, 0.1) is 5.41 Å². The number of nitrogens with one attached hydrogen (secondary N) is 1. The molecule has 0 saturated heterocycles. The van der Waals surface area contributed by atoms with E-state index in [0.29, 0.717) is 0 Å². The number of hydrogen-bond donors (Lipinski definition) is 1. The number of anilines is 1. The van der Waals surface area contributed by atoms with Crippen molar-refractivity contribution in [2.75, 3.05) is 11.9 Å². The molecule has 0 fully saturated rings. The summed E-state index contributed by atoms with van der Waals surface area (Å²) in [5, 5.41) is 4.53. The molecule has 0 amide bonds. The van der Waals surface area contributed by atoms with E-state index in [2.05, 4.69) is 32.2 Å². The summed E-state index contributed by atoms with van der Waals surface area (Å²) in [5.74, 6) is 0. The van der Waals surface area contributed by atoms with Crippen LogP contribution < -0.4 is 10.9 Å². The van der Waals surface area contributed by atoms with Gasteiger partial charge in [0.05, 0.1) is 5.52 Å². The van der Waals surface area contributed by atoms with Gasteiger partial charge in [-0.1, -0.05) is 39.0 Å². The van der Waals surface area contributed by atoms with Gasteiger partial charge in [-0.25, -0.2) is 0 Å². The van der Waals surface area contributed by atoms with Crippen LogP contribution in [0.4, 0.5) is 5.69 Å². The Balaban J connectivity index is 2.44. The highest BCUT2D eigenvalue weighted by molar-refractivity contribution is 5.91. The molecule has 2 rings (SSSR count). The quantitative estimate of drug-likeness (QED) is 0.912. The second-order valence-electron chi connectivity index (χ2n) is 5.84. The third kappa shape index (κ3) is 2.80. The second kappa shape index (κ2) is 5.08. The monoisotopic (exact) mass is 258 g/mol. The van der Waals surface area contributed by atoms with Crippen molar-refractivity contribution in [1.82, 2.24) is 4.57 Å². The molecule has 0 unspecified atom stereocenters. The Bertz CT molecular complexity index is 641. The predicted molar refractivity (Wildman–Crippen MR) is 81.8 cm³/mol. The van der Waals surface area contributed by atoms with E-state index < -0.39 is 0 Å². The zero-order chi connectivity index (χ0) is 14.0. The normalized spacial score (nSPS) is 11.8. The summed E-state index contributed by atoms with van der Waals surface area (Å²) in [4.78, 5) is 12.0. The lowest BCUT2D eigenvalue weighted by molar-refractivity contribution is 0.377. The molecule has 0 aliphatic carbocycles. The number of benzene rings is 1. The molecule has 2 aromatic rings. The van der Waals surface area contributed by atoms with Gasteiger partial charge in [-0.05, 0) is 17.9 Å². The fourth-order valence-corrected chi connectivity index (χ4v) is 2.02. The maximum atomic E-state index is 12.0. The predicted octanol–water partition coefficient (Wildman–Crippen LogP) is 3.39.